The van der Waals surface area contributed by atoms with E-state index in [1.165, 1.54) is 43.2 Å². The number of rotatable bonds is 10. The van der Waals surface area contributed by atoms with Gasteiger partial charge in [-0.05, 0) is 62.0 Å². The fourth-order valence-corrected chi connectivity index (χ4v) is 6.06. The van der Waals surface area contributed by atoms with Gasteiger partial charge in [-0.2, -0.15) is 0 Å². The van der Waals surface area contributed by atoms with Gasteiger partial charge in [0, 0.05) is 12.7 Å². The van der Waals surface area contributed by atoms with E-state index in [1.54, 1.807) is 5.82 Å². The van der Waals surface area contributed by atoms with Crippen LogP contribution in [0.4, 0.5) is 0 Å². The van der Waals surface area contributed by atoms with Crippen LogP contribution in [0.15, 0.2) is 30.1 Å². The highest BCUT2D eigenvalue weighted by molar-refractivity contribution is 7.62. The number of hydrogen-bond acceptors (Lipinski definition) is 4. The van der Waals surface area contributed by atoms with Crippen LogP contribution in [0, 0.1) is 19.8 Å². The summed E-state index contributed by atoms with van der Waals surface area (Å²) in [6, 6.07) is 6.12. The second-order valence-corrected chi connectivity index (χ2v) is 10.1. The minimum Gasteiger partial charge on any atom is -0.394 e. The Bertz CT molecular complexity index is 653. The molecule has 1 fully saturated rings. The molecule has 0 radical (unpaired) electrons. The summed E-state index contributed by atoms with van der Waals surface area (Å²) >= 11 is 0. The molecule has 1 aromatic carbocycles. The zero-order valence-corrected chi connectivity index (χ0v) is 18.0. The second-order valence-electron chi connectivity index (χ2n) is 7.70. The third kappa shape index (κ3) is 7.19. The molecule has 4 nitrogen and oxygen atoms in total. The van der Waals surface area contributed by atoms with Gasteiger partial charge in [0.05, 0.1) is 19.3 Å². The molecule has 0 aromatic heterocycles. The number of aryl methyl sites for hydroxylation is 2. The standard InChI is InChI=1S/C22H36NO3P/c1-4-26-27(25,17-20-9-6-5-7-10-20)14-8-13-23-22(16-24)21-12-11-18(2)19(3)15-21/h8,11-12,14-15,20,22-24H,4-7,9-10,13,16-17H2,1-3H3/b14-8+. The van der Waals surface area contributed by atoms with Gasteiger partial charge in [0.2, 0.25) is 7.37 Å². The molecule has 2 unspecified atom stereocenters. The molecule has 1 aliphatic rings. The van der Waals surface area contributed by atoms with Gasteiger partial charge in [0.15, 0.2) is 0 Å². The molecule has 1 aromatic rings. The molecule has 0 aliphatic heterocycles. The third-order valence-corrected chi connectivity index (χ3v) is 7.90. The van der Waals surface area contributed by atoms with Crippen LogP contribution < -0.4 is 5.32 Å². The zero-order chi connectivity index (χ0) is 19.7. The Morgan fingerprint density at radius 2 is 2.00 bits per heavy atom. The first-order valence-electron chi connectivity index (χ1n) is 10.3. The minimum atomic E-state index is -2.73. The van der Waals surface area contributed by atoms with Crippen LogP contribution in [-0.2, 0) is 9.09 Å². The average molecular weight is 394 g/mol. The van der Waals surface area contributed by atoms with Crippen LogP contribution in [0.2, 0.25) is 0 Å². The van der Waals surface area contributed by atoms with Gasteiger partial charge in [0.1, 0.15) is 0 Å². The van der Waals surface area contributed by atoms with Crippen molar-refractivity contribution in [2.75, 3.05) is 25.9 Å². The van der Waals surface area contributed by atoms with Crippen LogP contribution in [0.1, 0.15) is 61.8 Å². The molecule has 0 bridgehead atoms. The summed E-state index contributed by atoms with van der Waals surface area (Å²) in [7, 11) is -2.73. The zero-order valence-electron chi connectivity index (χ0n) is 17.1. The van der Waals surface area contributed by atoms with Crippen molar-refractivity contribution < 1.29 is 14.2 Å². The summed E-state index contributed by atoms with van der Waals surface area (Å²) in [4.78, 5) is 0. The van der Waals surface area contributed by atoms with Gasteiger partial charge >= 0.3 is 0 Å². The number of aliphatic hydroxyl groups is 1. The molecule has 0 spiro atoms. The summed E-state index contributed by atoms with van der Waals surface area (Å²) in [6.07, 6.45) is 8.70. The second kappa shape index (κ2) is 11.2. The van der Waals surface area contributed by atoms with Gasteiger partial charge in [-0.1, -0.05) is 43.5 Å². The molecular weight excluding hydrogens is 357 g/mol. The van der Waals surface area contributed by atoms with Crippen molar-refractivity contribution in [1.82, 2.24) is 5.32 Å². The Balaban J connectivity index is 1.93. The lowest BCUT2D eigenvalue weighted by Gasteiger charge is -2.25. The van der Waals surface area contributed by atoms with Crippen LogP contribution in [0.3, 0.4) is 0 Å². The summed E-state index contributed by atoms with van der Waals surface area (Å²) in [5, 5.41) is 13.1. The number of benzene rings is 1. The molecule has 152 valence electrons. The lowest BCUT2D eigenvalue weighted by molar-refractivity contribution is 0.248. The van der Waals surface area contributed by atoms with Gasteiger partial charge in [-0.3, -0.25) is 4.57 Å². The maximum atomic E-state index is 13.2. The number of aliphatic hydroxyl groups excluding tert-OH is 1. The predicted octanol–water partition coefficient (Wildman–Crippen LogP) is 5.34. The highest BCUT2D eigenvalue weighted by atomic mass is 31.2. The Morgan fingerprint density at radius 3 is 2.63 bits per heavy atom. The summed E-state index contributed by atoms with van der Waals surface area (Å²) in [5.74, 6) is 2.31. The summed E-state index contributed by atoms with van der Waals surface area (Å²) in [6.45, 7) is 7.13. The fraction of sp³-hybridized carbons (Fsp3) is 0.636. The van der Waals surface area contributed by atoms with Gasteiger partial charge < -0.3 is 14.9 Å². The number of hydrogen-bond donors (Lipinski definition) is 2. The maximum absolute atomic E-state index is 13.2. The summed E-state index contributed by atoms with van der Waals surface area (Å²) in [5.41, 5.74) is 3.54. The first kappa shape index (κ1) is 22.4. The van der Waals surface area contributed by atoms with E-state index in [-0.39, 0.29) is 12.6 Å². The van der Waals surface area contributed by atoms with Gasteiger partial charge in [-0.15, -0.1) is 0 Å². The van der Waals surface area contributed by atoms with E-state index in [0.717, 1.165) is 5.56 Å². The van der Waals surface area contributed by atoms with E-state index < -0.39 is 7.37 Å². The monoisotopic (exact) mass is 393 g/mol. The predicted molar refractivity (Wildman–Crippen MR) is 114 cm³/mol. The van der Waals surface area contributed by atoms with Crippen LogP contribution in [0.5, 0.6) is 0 Å². The quantitative estimate of drug-likeness (QED) is 0.527. The molecule has 0 amide bonds. The normalized spacial score (nSPS) is 19.3. The van der Waals surface area contributed by atoms with E-state index in [9.17, 15) is 9.67 Å². The molecule has 2 atom stereocenters. The Hall–Kier alpha value is -0.930. The third-order valence-electron chi connectivity index (χ3n) is 5.52. The molecule has 2 N–H and O–H groups in total. The lowest BCUT2D eigenvalue weighted by atomic mass is 9.91. The van der Waals surface area contributed by atoms with E-state index in [4.69, 9.17) is 4.52 Å². The van der Waals surface area contributed by atoms with Crippen molar-refractivity contribution in [3.05, 3.63) is 46.8 Å². The molecule has 0 heterocycles. The average Bonchev–Trinajstić information content (AvgIpc) is 2.65. The topological polar surface area (TPSA) is 58.6 Å². The van der Waals surface area contributed by atoms with Crippen LogP contribution in [-0.4, -0.2) is 31.0 Å². The van der Waals surface area contributed by atoms with Gasteiger partial charge in [0.25, 0.3) is 0 Å². The van der Waals surface area contributed by atoms with E-state index >= 15 is 0 Å². The van der Waals surface area contributed by atoms with Crippen molar-refractivity contribution in [2.24, 2.45) is 5.92 Å². The van der Waals surface area contributed by atoms with Crippen LogP contribution in [0.25, 0.3) is 0 Å². The molecule has 5 heteroatoms. The van der Waals surface area contributed by atoms with Crippen molar-refractivity contribution in [1.29, 1.82) is 0 Å². The molecule has 0 saturated heterocycles. The Labute approximate surface area is 164 Å². The first-order valence-corrected chi connectivity index (χ1v) is 12.2. The largest absolute Gasteiger partial charge is 0.394 e. The van der Waals surface area contributed by atoms with E-state index in [2.05, 4.69) is 31.3 Å². The van der Waals surface area contributed by atoms with Crippen molar-refractivity contribution in [3.8, 4) is 0 Å². The molecule has 1 saturated carbocycles. The van der Waals surface area contributed by atoms with Crippen LogP contribution >= 0.6 is 7.37 Å². The molecule has 27 heavy (non-hydrogen) atoms. The molecule has 1 aliphatic carbocycles. The first-order chi connectivity index (χ1) is 13.0. The minimum absolute atomic E-state index is 0.0293. The van der Waals surface area contributed by atoms with Crippen molar-refractivity contribution >= 4 is 7.37 Å². The Morgan fingerprint density at radius 1 is 1.26 bits per heavy atom. The molecular formula is C22H36NO3P. The highest BCUT2D eigenvalue weighted by Gasteiger charge is 2.25. The fourth-order valence-electron chi connectivity index (χ4n) is 3.80. The Kier molecular flexibility index (Phi) is 9.25. The highest BCUT2D eigenvalue weighted by Crippen LogP contribution is 2.51. The van der Waals surface area contributed by atoms with Crippen molar-refractivity contribution in [3.63, 3.8) is 0 Å². The lowest BCUT2D eigenvalue weighted by Crippen LogP contribution is -2.24. The van der Waals surface area contributed by atoms with E-state index in [1.807, 2.05) is 19.1 Å². The maximum Gasteiger partial charge on any atom is 0.225 e. The van der Waals surface area contributed by atoms with Gasteiger partial charge in [-0.25, -0.2) is 0 Å². The smallest absolute Gasteiger partial charge is 0.225 e. The van der Waals surface area contributed by atoms with E-state index in [0.29, 0.717) is 25.2 Å². The molecule has 2 rings (SSSR count). The SMILES string of the molecule is CCOP(=O)(/C=C/CNC(CO)c1ccc(C)c(C)c1)CC1CCCCC1. The number of nitrogens with one attached hydrogen (secondary N) is 1. The van der Waals surface area contributed by atoms with Crippen molar-refractivity contribution in [2.45, 2.75) is 58.9 Å². The summed E-state index contributed by atoms with van der Waals surface area (Å²) < 4.78 is 18.8.